The average molecular weight is 273 g/mol. The number of hydrogen-bond acceptors (Lipinski definition) is 3. The Morgan fingerprint density at radius 1 is 1.31 bits per heavy atom. The smallest absolute Gasteiger partial charge is 0.267 e. The minimum absolute atomic E-state index is 0.208. The highest BCUT2D eigenvalue weighted by Gasteiger charge is 2.08. The van der Waals surface area contributed by atoms with Crippen molar-refractivity contribution >= 4 is 46.1 Å². The van der Waals surface area contributed by atoms with Crippen LogP contribution in [-0.4, -0.2) is 10.9 Å². The second-order valence-electron chi connectivity index (χ2n) is 2.95. The summed E-state index contributed by atoms with van der Waals surface area (Å²) < 4.78 is 0. The molecule has 3 nitrogen and oxygen atoms in total. The van der Waals surface area contributed by atoms with E-state index in [2.05, 4.69) is 10.3 Å². The first kappa shape index (κ1) is 11.4. The third kappa shape index (κ3) is 2.52. The van der Waals surface area contributed by atoms with Gasteiger partial charge in [0.25, 0.3) is 5.91 Å². The molecule has 0 spiro atoms. The number of carbonyl (C=O) groups excluding carboxylic acids is 1. The molecule has 0 radical (unpaired) electrons. The van der Waals surface area contributed by atoms with E-state index in [1.807, 2.05) is 0 Å². The number of halogens is 2. The Kier molecular flexibility index (Phi) is 3.43. The number of benzene rings is 1. The van der Waals surface area contributed by atoms with Crippen molar-refractivity contribution in [1.29, 1.82) is 0 Å². The van der Waals surface area contributed by atoms with Crippen LogP contribution in [0.5, 0.6) is 0 Å². The molecule has 2 aromatic rings. The maximum absolute atomic E-state index is 11.7. The molecule has 0 saturated carbocycles. The molecule has 0 aliphatic carbocycles. The van der Waals surface area contributed by atoms with E-state index in [9.17, 15) is 4.79 Å². The van der Waals surface area contributed by atoms with Gasteiger partial charge in [-0.25, -0.2) is 0 Å². The average Bonchev–Trinajstić information content (AvgIpc) is 2.77. The number of amides is 1. The van der Waals surface area contributed by atoms with Crippen molar-refractivity contribution in [2.24, 2.45) is 0 Å². The summed E-state index contributed by atoms with van der Waals surface area (Å²) in [6, 6.07) is 4.92. The summed E-state index contributed by atoms with van der Waals surface area (Å²) in [5, 5.41) is 3.56. The Balaban J connectivity index is 2.15. The molecule has 82 valence electrons. The molecule has 0 bridgehead atoms. The standard InChI is InChI=1S/C10H6Cl2N2OS/c11-7-2-1-6(3-8(7)12)14-10(15)9-4-13-5-16-9/h1-5H,(H,14,15). The van der Waals surface area contributed by atoms with Gasteiger partial charge in [-0.2, -0.15) is 0 Å². The molecule has 1 N–H and O–H groups in total. The van der Waals surface area contributed by atoms with Crippen molar-refractivity contribution in [3.8, 4) is 0 Å². The van der Waals surface area contributed by atoms with Crippen LogP contribution in [0.15, 0.2) is 29.9 Å². The van der Waals surface area contributed by atoms with E-state index in [-0.39, 0.29) is 5.91 Å². The van der Waals surface area contributed by atoms with Crippen LogP contribution >= 0.6 is 34.5 Å². The van der Waals surface area contributed by atoms with Crippen molar-refractivity contribution < 1.29 is 4.79 Å². The maximum Gasteiger partial charge on any atom is 0.267 e. The predicted molar refractivity (Wildman–Crippen MR) is 66.5 cm³/mol. The molecule has 2 rings (SSSR count). The van der Waals surface area contributed by atoms with Crippen molar-refractivity contribution in [1.82, 2.24) is 4.98 Å². The summed E-state index contributed by atoms with van der Waals surface area (Å²) in [6.07, 6.45) is 1.51. The molecule has 0 aliphatic heterocycles. The second kappa shape index (κ2) is 4.82. The largest absolute Gasteiger partial charge is 0.321 e. The van der Waals surface area contributed by atoms with Crippen molar-refractivity contribution in [2.45, 2.75) is 0 Å². The van der Waals surface area contributed by atoms with Crippen LogP contribution in [0.4, 0.5) is 5.69 Å². The molecule has 0 saturated heterocycles. The Morgan fingerprint density at radius 2 is 2.12 bits per heavy atom. The molecule has 0 unspecified atom stereocenters. The van der Waals surface area contributed by atoms with Gasteiger partial charge in [0.15, 0.2) is 0 Å². The van der Waals surface area contributed by atoms with E-state index in [1.54, 1.807) is 23.7 Å². The second-order valence-corrected chi connectivity index (χ2v) is 4.65. The predicted octanol–water partition coefficient (Wildman–Crippen LogP) is 3.70. The highest BCUT2D eigenvalue weighted by molar-refractivity contribution is 7.11. The molecule has 0 aliphatic rings. The molecule has 1 amide bonds. The Bertz CT molecular complexity index is 514. The quantitative estimate of drug-likeness (QED) is 0.906. The van der Waals surface area contributed by atoms with E-state index in [1.165, 1.54) is 17.5 Å². The van der Waals surface area contributed by atoms with E-state index >= 15 is 0 Å². The van der Waals surface area contributed by atoms with Crippen LogP contribution in [0.2, 0.25) is 10.0 Å². The molecule has 1 heterocycles. The Morgan fingerprint density at radius 3 is 2.75 bits per heavy atom. The Hall–Kier alpha value is -1.10. The van der Waals surface area contributed by atoms with Crippen LogP contribution in [0.1, 0.15) is 9.67 Å². The lowest BCUT2D eigenvalue weighted by Crippen LogP contribution is -2.09. The van der Waals surface area contributed by atoms with Crippen LogP contribution in [0, 0.1) is 0 Å². The fourth-order valence-electron chi connectivity index (χ4n) is 1.09. The summed E-state index contributed by atoms with van der Waals surface area (Å²) in [7, 11) is 0. The molecule has 1 aromatic carbocycles. The lowest BCUT2D eigenvalue weighted by atomic mass is 10.3. The lowest BCUT2D eigenvalue weighted by molar-refractivity contribution is 0.103. The van der Waals surface area contributed by atoms with E-state index in [4.69, 9.17) is 23.2 Å². The zero-order valence-electron chi connectivity index (χ0n) is 7.91. The van der Waals surface area contributed by atoms with Gasteiger partial charge >= 0.3 is 0 Å². The maximum atomic E-state index is 11.7. The van der Waals surface area contributed by atoms with Crippen molar-refractivity contribution in [3.05, 3.63) is 44.8 Å². The number of hydrogen-bond donors (Lipinski definition) is 1. The van der Waals surface area contributed by atoms with Gasteiger partial charge in [-0.1, -0.05) is 23.2 Å². The normalized spacial score (nSPS) is 10.1. The van der Waals surface area contributed by atoms with Crippen LogP contribution < -0.4 is 5.32 Å². The third-order valence-electron chi connectivity index (χ3n) is 1.83. The molecule has 16 heavy (non-hydrogen) atoms. The van der Waals surface area contributed by atoms with Gasteiger partial charge in [0.2, 0.25) is 0 Å². The summed E-state index contributed by atoms with van der Waals surface area (Å²) >= 11 is 12.9. The molecular formula is C10H6Cl2N2OS. The van der Waals surface area contributed by atoms with Gasteiger partial charge in [-0.15, -0.1) is 11.3 Å². The fraction of sp³-hybridized carbons (Fsp3) is 0. The number of anilines is 1. The first-order chi connectivity index (χ1) is 7.66. The molecule has 0 fully saturated rings. The van der Waals surface area contributed by atoms with Crippen LogP contribution in [-0.2, 0) is 0 Å². The van der Waals surface area contributed by atoms with Gasteiger partial charge in [-0.05, 0) is 18.2 Å². The zero-order chi connectivity index (χ0) is 11.5. The first-order valence-corrected chi connectivity index (χ1v) is 5.95. The fourth-order valence-corrected chi connectivity index (χ4v) is 1.91. The summed E-state index contributed by atoms with van der Waals surface area (Å²) in [5.74, 6) is -0.208. The number of thiazole rings is 1. The molecule has 0 atom stereocenters. The zero-order valence-corrected chi connectivity index (χ0v) is 10.2. The molecular weight excluding hydrogens is 267 g/mol. The third-order valence-corrected chi connectivity index (χ3v) is 3.34. The van der Waals surface area contributed by atoms with Crippen LogP contribution in [0.25, 0.3) is 0 Å². The SMILES string of the molecule is O=C(Nc1ccc(Cl)c(Cl)c1)c1cncs1. The number of nitrogens with zero attached hydrogens (tertiary/aromatic N) is 1. The number of rotatable bonds is 2. The minimum atomic E-state index is -0.208. The van der Waals surface area contributed by atoms with Gasteiger partial charge in [-0.3, -0.25) is 9.78 Å². The van der Waals surface area contributed by atoms with Gasteiger partial charge < -0.3 is 5.32 Å². The van der Waals surface area contributed by atoms with Gasteiger partial charge in [0.05, 0.1) is 21.8 Å². The molecule has 6 heteroatoms. The van der Waals surface area contributed by atoms with E-state index in [0.29, 0.717) is 20.6 Å². The monoisotopic (exact) mass is 272 g/mol. The number of aromatic nitrogens is 1. The van der Waals surface area contributed by atoms with Crippen LogP contribution in [0.3, 0.4) is 0 Å². The number of nitrogens with one attached hydrogen (secondary N) is 1. The van der Waals surface area contributed by atoms with E-state index < -0.39 is 0 Å². The Labute approximate surface area is 106 Å². The van der Waals surface area contributed by atoms with E-state index in [0.717, 1.165) is 0 Å². The summed E-state index contributed by atoms with van der Waals surface area (Å²) in [5.41, 5.74) is 2.21. The highest BCUT2D eigenvalue weighted by Crippen LogP contribution is 2.25. The minimum Gasteiger partial charge on any atom is -0.321 e. The topological polar surface area (TPSA) is 42.0 Å². The molecule has 1 aromatic heterocycles. The van der Waals surface area contributed by atoms with Crippen molar-refractivity contribution in [3.63, 3.8) is 0 Å². The van der Waals surface area contributed by atoms with Gasteiger partial charge in [0.1, 0.15) is 4.88 Å². The van der Waals surface area contributed by atoms with Gasteiger partial charge in [0, 0.05) is 5.69 Å². The lowest BCUT2D eigenvalue weighted by Gasteiger charge is -2.04. The van der Waals surface area contributed by atoms with Crippen molar-refractivity contribution in [2.75, 3.05) is 5.32 Å². The first-order valence-electron chi connectivity index (χ1n) is 4.32. The summed E-state index contributed by atoms with van der Waals surface area (Å²) in [4.78, 5) is 16.0. The summed E-state index contributed by atoms with van der Waals surface area (Å²) in [6.45, 7) is 0. The number of carbonyl (C=O) groups is 1. The highest BCUT2D eigenvalue weighted by atomic mass is 35.5.